The van der Waals surface area contributed by atoms with Crippen LogP contribution in [0, 0.1) is 5.92 Å². The van der Waals surface area contributed by atoms with Crippen LogP contribution in [0.25, 0.3) is 0 Å². The van der Waals surface area contributed by atoms with Crippen LogP contribution in [0.15, 0.2) is 6.07 Å². The van der Waals surface area contributed by atoms with E-state index in [0.717, 1.165) is 37.9 Å². The molecule has 0 unspecified atom stereocenters. The molecular formula is C15H24N4O2. The van der Waals surface area contributed by atoms with E-state index in [4.69, 9.17) is 0 Å². The number of hydrogen-bond donors (Lipinski definition) is 2. The second kappa shape index (κ2) is 7.24. The number of carbonyl (C=O) groups is 2. The summed E-state index contributed by atoms with van der Waals surface area (Å²) in [6.45, 7) is 6.03. The minimum Gasteiger partial charge on any atom is -0.356 e. The lowest BCUT2D eigenvalue weighted by Crippen LogP contribution is -2.43. The molecule has 1 fully saturated rings. The highest BCUT2D eigenvalue weighted by molar-refractivity contribution is 5.92. The van der Waals surface area contributed by atoms with Crippen molar-refractivity contribution in [1.29, 1.82) is 0 Å². The average Bonchev–Trinajstić information content (AvgIpc) is 3.01. The number of piperidine rings is 1. The molecular weight excluding hydrogens is 268 g/mol. The molecule has 1 aromatic rings. The number of likely N-dealkylation sites (tertiary alicyclic amines) is 1. The van der Waals surface area contributed by atoms with Gasteiger partial charge in [0, 0.05) is 31.2 Å². The van der Waals surface area contributed by atoms with Crippen molar-refractivity contribution in [2.75, 3.05) is 19.6 Å². The molecule has 1 aliphatic heterocycles. The molecule has 0 atom stereocenters. The molecule has 116 valence electrons. The fourth-order valence-corrected chi connectivity index (χ4v) is 2.55. The highest BCUT2D eigenvalue weighted by Crippen LogP contribution is 2.19. The third-order valence-electron chi connectivity index (χ3n) is 3.93. The molecule has 2 heterocycles. The predicted molar refractivity (Wildman–Crippen MR) is 79.9 cm³/mol. The highest BCUT2D eigenvalue weighted by atomic mass is 16.2. The number of aromatic amines is 1. The Morgan fingerprint density at radius 3 is 2.67 bits per heavy atom. The standard InChI is InChI=1S/C15H24N4O2/c1-3-7-16-14(20)11-5-8-19(9-6-11)15(21)13-10-12(4-2)17-18-13/h10-11H,3-9H2,1-2H3,(H,16,20)(H,17,18). The number of nitrogens with zero attached hydrogens (tertiary/aromatic N) is 2. The number of nitrogens with one attached hydrogen (secondary N) is 2. The fraction of sp³-hybridized carbons (Fsp3) is 0.667. The Morgan fingerprint density at radius 1 is 1.38 bits per heavy atom. The molecule has 6 nitrogen and oxygen atoms in total. The molecule has 1 saturated heterocycles. The van der Waals surface area contributed by atoms with E-state index in [1.54, 1.807) is 4.90 Å². The quantitative estimate of drug-likeness (QED) is 0.860. The van der Waals surface area contributed by atoms with Crippen molar-refractivity contribution in [1.82, 2.24) is 20.4 Å². The van der Waals surface area contributed by atoms with Gasteiger partial charge in [0.05, 0.1) is 0 Å². The second-order valence-electron chi connectivity index (χ2n) is 5.49. The van der Waals surface area contributed by atoms with Gasteiger partial charge in [0.1, 0.15) is 5.69 Å². The zero-order chi connectivity index (χ0) is 15.2. The van der Waals surface area contributed by atoms with E-state index in [1.807, 2.05) is 19.9 Å². The van der Waals surface area contributed by atoms with Crippen molar-refractivity contribution in [3.05, 3.63) is 17.5 Å². The Kier molecular flexibility index (Phi) is 5.36. The summed E-state index contributed by atoms with van der Waals surface area (Å²) in [5, 5.41) is 9.85. The predicted octanol–water partition coefficient (Wildman–Crippen LogP) is 1.35. The van der Waals surface area contributed by atoms with Crippen LogP contribution in [0.4, 0.5) is 0 Å². The summed E-state index contributed by atoms with van der Waals surface area (Å²) in [7, 11) is 0. The van der Waals surface area contributed by atoms with E-state index >= 15 is 0 Å². The van der Waals surface area contributed by atoms with Crippen molar-refractivity contribution in [3.8, 4) is 0 Å². The van der Waals surface area contributed by atoms with Crippen LogP contribution < -0.4 is 5.32 Å². The van der Waals surface area contributed by atoms with E-state index in [2.05, 4.69) is 15.5 Å². The molecule has 6 heteroatoms. The Labute approximate surface area is 125 Å². The van der Waals surface area contributed by atoms with Crippen LogP contribution in [0.1, 0.15) is 49.3 Å². The van der Waals surface area contributed by atoms with Gasteiger partial charge < -0.3 is 10.2 Å². The first-order valence-electron chi connectivity index (χ1n) is 7.77. The molecule has 0 spiro atoms. The zero-order valence-electron chi connectivity index (χ0n) is 12.8. The summed E-state index contributed by atoms with van der Waals surface area (Å²) >= 11 is 0. The Bertz CT molecular complexity index is 490. The maximum absolute atomic E-state index is 12.3. The van der Waals surface area contributed by atoms with E-state index in [-0.39, 0.29) is 17.7 Å². The van der Waals surface area contributed by atoms with Gasteiger partial charge in [0.25, 0.3) is 5.91 Å². The molecule has 0 bridgehead atoms. The topological polar surface area (TPSA) is 78.1 Å². The molecule has 2 rings (SSSR count). The monoisotopic (exact) mass is 292 g/mol. The van der Waals surface area contributed by atoms with Crippen molar-refractivity contribution in [3.63, 3.8) is 0 Å². The lowest BCUT2D eigenvalue weighted by molar-refractivity contribution is -0.126. The summed E-state index contributed by atoms with van der Waals surface area (Å²) in [5.41, 5.74) is 1.44. The van der Waals surface area contributed by atoms with Crippen LogP contribution in [0.3, 0.4) is 0 Å². The Balaban J connectivity index is 1.85. The van der Waals surface area contributed by atoms with Crippen LogP contribution in [0.5, 0.6) is 0 Å². The minimum atomic E-state index is -0.0432. The van der Waals surface area contributed by atoms with Gasteiger partial charge in [-0.1, -0.05) is 13.8 Å². The van der Waals surface area contributed by atoms with Crippen LogP contribution in [-0.2, 0) is 11.2 Å². The first kappa shape index (κ1) is 15.5. The first-order chi connectivity index (χ1) is 10.2. The van der Waals surface area contributed by atoms with Gasteiger partial charge in [0.15, 0.2) is 0 Å². The SMILES string of the molecule is CCCNC(=O)C1CCN(C(=O)c2cc(CC)[nH]n2)CC1. The molecule has 0 aromatic carbocycles. The fourth-order valence-electron chi connectivity index (χ4n) is 2.55. The van der Waals surface area contributed by atoms with Crippen LogP contribution >= 0.6 is 0 Å². The van der Waals surface area contributed by atoms with E-state index in [0.29, 0.717) is 18.8 Å². The van der Waals surface area contributed by atoms with Gasteiger partial charge in [-0.3, -0.25) is 14.7 Å². The van der Waals surface area contributed by atoms with Crippen molar-refractivity contribution < 1.29 is 9.59 Å². The minimum absolute atomic E-state index is 0.0333. The zero-order valence-corrected chi connectivity index (χ0v) is 12.8. The number of aromatic nitrogens is 2. The van der Waals surface area contributed by atoms with Gasteiger partial charge in [-0.2, -0.15) is 5.10 Å². The van der Waals surface area contributed by atoms with Gasteiger partial charge >= 0.3 is 0 Å². The number of H-pyrrole nitrogens is 1. The summed E-state index contributed by atoms with van der Waals surface area (Å²) in [6, 6.07) is 1.81. The number of hydrogen-bond acceptors (Lipinski definition) is 3. The number of amides is 2. The third kappa shape index (κ3) is 3.83. The van der Waals surface area contributed by atoms with Crippen molar-refractivity contribution >= 4 is 11.8 Å². The number of aryl methyl sites for hydroxylation is 1. The second-order valence-corrected chi connectivity index (χ2v) is 5.49. The lowest BCUT2D eigenvalue weighted by Gasteiger charge is -2.30. The molecule has 0 saturated carbocycles. The van der Waals surface area contributed by atoms with Gasteiger partial charge in [-0.05, 0) is 31.7 Å². The van der Waals surface area contributed by atoms with Crippen LogP contribution in [-0.4, -0.2) is 46.5 Å². The Morgan fingerprint density at radius 2 is 2.10 bits per heavy atom. The molecule has 21 heavy (non-hydrogen) atoms. The maximum Gasteiger partial charge on any atom is 0.274 e. The summed E-state index contributed by atoms with van der Waals surface area (Å²) in [6.07, 6.45) is 3.24. The molecule has 0 aliphatic carbocycles. The van der Waals surface area contributed by atoms with E-state index in [9.17, 15) is 9.59 Å². The van der Waals surface area contributed by atoms with Gasteiger partial charge in [-0.15, -0.1) is 0 Å². The van der Waals surface area contributed by atoms with Crippen molar-refractivity contribution in [2.24, 2.45) is 5.92 Å². The summed E-state index contributed by atoms with van der Waals surface area (Å²) in [4.78, 5) is 26.0. The summed E-state index contributed by atoms with van der Waals surface area (Å²) in [5.74, 6) is 0.112. The molecule has 2 amide bonds. The molecule has 1 aromatic heterocycles. The van der Waals surface area contributed by atoms with Gasteiger partial charge in [0.2, 0.25) is 5.91 Å². The van der Waals surface area contributed by atoms with Gasteiger partial charge in [-0.25, -0.2) is 0 Å². The molecule has 0 radical (unpaired) electrons. The largest absolute Gasteiger partial charge is 0.356 e. The third-order valence-corrected chi connectivity index (χ3v) is 3.93. The van der Waals surface area contributed by atoms with Crippen molar-refractivity contribution in [2.45, 2.75) is 39.5 Å². The Hall–Kier alpha value is -1.85. The van der Waals surface area contributed by atoms with E-state index in [1.165, 1.54) is 0 Å². The first-order valence-corrected chi connectivity index (χ1v) is 7.77. The summed E-state index contributed by atoms with van der Waals surface area (Å²) < 4.78 is 0. The van der Waals surface area contributed by atoms with Crippen LogP contribution in [0.2, 0.25) is 0 Å². The van der Waals surface area contributed by atoms with E-state index < -0.39 is 0 Å². The highest BCUT2D eigenvalue weighted by Gasteiger charge is 2.28. The molecule has 2 N–H and O–H groups in total. The normalized spacial score (nSPS) is 16.0. The number of rotatable bonds is 5. The number of carbonyl (C=O) groups excluding carboxylic acids is 2. The lowest BCUT2D eigenvalue weighted by atomic mass is 9.95. The maximum atomic E-state index is 12.3. The smallest absolute Gasteiger partial charge is 0.274 e. The molecule has 1 aliphatic rings. The average molecular weight is 292 g/mol.